The maximum Gasteiger partial charge on any atom is 0.236 e. The summed E-state index contributed by atoms with van der Waals surface area (Å²) in [7, 11) is 5.26. The van der Waals surface area contributed by atoms with E-state index in [1.807, 2.05) is 0 Å². The van der Waals surface area contributed by atoms with Crippen LogP contribution in [-0.4, -0.2) is 23.4 Å². The molecule has 0 unspecified atom stereocenters. The van der Waals surface area contributed by atoms with E-state index in [0.717, 1.165) is 4.48 Å². The molecule has 1 heterocycles. The summed E-state index contributed by atoms with van der Waals surface area (Å²) in [4.78, 5) is 0. The van der Waals surface area contributed by atoms with Crippen LogP contribution in [0.25, 0.3) is 0 Å². The maximum atomic E-state index is 9.08. The summed E-state index contributed by atoms with van der Waals surface area (Å²) in [5.41, 5.74) is 10.5. The van der Waals surface area contributed by atoms with Crippen molar-refractivity contribution in [3.05, 3.63) is 11.8 Å². The van der Waals surface area contributed by atoms with Gasteiger partial charge in [-0.05, 0) is 0 Å². The largest absolute Gasteiger partial charge is 0.506 e. The lowest BCUT2D eigenvalue weighted by molar-refractivity contribution is 0.475. The molecule has 5 nitrogen and oxygen atoms in total. The monoisotopic (exact) mass is 150 g/mol. The van der Waals surface area contributed by atoms with E-state index in [2.05, 4.69) is 0 Å². The van der Waals surface area contributed by atoms with Crippen LogP contribution in [0, 0.1) is 5.41 Å². The normalized spacial score (nSPS) is 9.82. The first-order valence-corrected chi connectivity index (χ1v) is 2.83. The van der Waals surface area contributed by atoms with Crippen LogP contribution in [0.2, 0.25) is 0 Å². The average Bonchev–Trinajstić information content (AvgIpc) is 2.07. The number of aromatic hydroxyl groups is 1. The molecule has 56 valence electrons. The quantitative estimate of drug-likeness (QED) is 0.234. The van der Waals surface area contributed by atoms with Gasteiger partial charge in [0.2, 0.25) is 7.98 Å². The number of hydrogen-bond donors (Lipinski definition) is 4. The van der Waals surface area contributed by atoms with E-state index in [1.54, 1.807) is 0 Å². The van der Waals surface area contributed by atoms with Gasteiger partial charge in [0.15, 0.2) is 0 Å². The highest BCUT2D eigenvalue weighted by atomic mass is 16.3. The van der Waals surface area contributed by atoms with E-state index in [-0.39, 0.29) is 23.0 Å². The second-order valence-corrected chi connectivity index (χ2v) is 2.10. The second kappa shape index (κ2) is 2.23. The fourth-order valence-corrected chi connectivity index (χ4v) is 0.802. The van der Waals surface area contributed by atoms with Gasteiger partial charge < -0.3 is 21.1 Å². The predicted octanol–water partition coefficient (Wildman–Crippen LogP) is -1.01. The standard InChI is InChI=1S/C5H7BN4O/c6-10-1-2(11)3(4(7)8)5(10)9/h1,11H,9H2,(H3,7,8). The molecule has 0 spiro atoms. The molecule has 0 saturated heterocycles. The Morgan fingerprint density at radius 1 is 1.73 bits per heavy atom. The Balaban J connectivity index is 3.34. The van der Waals surface area contributed by atoms with E-state index < -0.39 is 0 Å². The molecule has 0 atom stereocenters. The van der Waals surface area contributed by atoms with Gasteiger partial charge in [0.05, 0.1) is 5.56 Å². The summed E-state index contributed by atoms with van der Waals surface area (Å²) >= 11 is 0. The molecule has 0 aliphatic carbocycles. The van der Waals surface area contributed by atoms with Crippen molar-refractivity contribution in [2.24, 2.45) is 5.73 Å². The number of nitrogens with one attached hydrogen (secondary N) is 1. The van der Waals surface area contributed by atoms with E-state index in [1.165, 1.54) is 6.20 Å². The predicted molar refractivity (Wildman–Crippen MR) is 42.7 cm³/mol. The van der Waals surface area contributed by atoms with Crippen LogP contribution in [0.5, 0.6) is 5.75 Å². The summed E-state index contributed by atoms with van der Waals surface area (Å²) < 4.78 is 1.01. The van der Waals surface area contributed by atoms with Crippen molar-refractivity contribution < 1.29 is 5.11 Å². The molecule has 0 fully saturated rings. The lowest BCUT2D eigenvalue weighted by Gasteiger charge is -1.98. The van der Waals surface area contributed by atoms with Gasteiger partial charge >= 0.3 is 0 Å². The molecule has 1 aromatic rings. The maximum absolute atomic E-state index is 9.08. The Morgan fingerprint density at radius 2 is 2.27 bits per heavy atom. The van der Waals surface area contributed by atoms with Gasteiger partial charge in [-0.15, -0.1) is 0 Å². The van der Waals surface area contributed by atoms with Gasteiger partial charge in [0.25, 0.3) is 0 Å². The number of amidine groups is 1. The second-order valence-electron chi connectivity index (χ2n) is 2.10. The topological polar surface area (TPSA) is 101 Å². The number of hydrogen-bond acceptors (Lipinski definition) is 3. The Bertz CT molecular complexity index is 306. The van der Waals surface area contributed by atoms with E-state index in [4.69, 9.17) is 30.0 Å². The zero-order chi connectivity index (χ0) is 8.59. The molecule has 11 heavy (non-hydrogen) atoms. The van der Waals surface area contributed by atoms with Crippen molar-refractivity contribution in [2.75, 3.05) is 5.73 Å². The number of nitrogens with zero attached hydrogens (tertiary/aromatic N) is 1. The van der Waals surface area contributed by atoms with Crippen molar-refractivity contribution in [2.45, 2.75) is 0 Å². The summed E-state index contributed by atoms with van der Waals surface area (Å²) in [6.45, 7) is 0. The van der Waals surface area contributed by atoms with Crippen molar-refractivity contribution >= 4 is 19.6 Å². The highest BCUT2D eigenvalue weighted by Crippen LogP contribution is 2.23. The molecule has 0 saturated carbocycles. The summed E-state index contributed by atoms with van der Waals surface area (Å²) in [5, 5.41) is 16.1. The molecule has 1 rings (SSSR count). The molecule has 2 radical (unpaired) electrons. The molecule has 6 heteroatoms. The van der Waals surface area contributed by atoms with Crippen LogP contribution in [0.4, 0.5) is 5.82 Å². The Labute approximate surface area is 64.5 Å². The Morgan fingerprint density at radius 3 is 2.45 bits per heavy atom. The molecule has 1 aromatic heterocycles. The van der Waals surface area contributed by atoms with Gasteiger partial charge in [0, 0.05) is 6.20 Å². The van der Waals surface area contributed by atoms with Crippen LogP contribution >= 0.6 is 0 Å². The van der Waals surface area contributed by atoms with E-state index >= 15 is 0 Å². The minimum atomic E-state index is -0.302. The average molecular weight is 150 g/mol. The van der Waals surface area contributed by atoms with Gasteiger partial charge in [-0.2, -0.15) is 0 Å². The fourth-order valence-electron chi connectivity index (χ4n) is 0.802. The lowest BCUT2D eigenvalue weighted by Crippen LogP contribution is -2.13. The van der Waals surface area contributed by atoms with Crippen LogP contribution in [0.3, 0.4) is 0 Å². The fraction of sp³-hybridized carbons (Fsp3) is 0. The van der Waals surface area contributed by atoms with Crippen molar-refractivity contribution in [3.8, 4) is 5.75 Å². The molecule has 0 bridgehead atoms. The lowest BCUT2D eigenvalue weighted by atomic mass is 10.2. The Kier molecular flexibility index (Phi) is 1.52. The molecule has 0 aromatic carbocycles. The third kappa shape index (κ3) is 1.02. The van der Waals surface area contributed by atoms with Crippen LogP contribution in [0.15, 0.2) is 6.20 Å². The highest BCUT2D eigenvalue weighted by Gasteiger charge is 2.12. The molecule has 0 amide bonds. The van der Waals surface area contributed by atoms with Gasteiger partial charge in [-0.25, -0.2) is 0 Å². The van der Waals surface area contributed by atoms with Crippen LogP contribution in [0.1, 0.15) is 5.56 Å². The number of nitrogens with two attached hydrogens (primary N) is 2. The third-order valence-corrected chi connectivity index (χ3v) is 1.32. The minimum Gasteiger partial charge on any atom is -0.506 e. The van der Waals surface area contributed by atoms with Gasteiger partial charge in [0.1, 0.15) is 17.4 Å². The molecular weight excluding hydrogens is 143 g/mol. The molecule has 0 aliphatic rings. The molecule has 6 N–H and O–H groups in total. The summed E-state index contributed by atoms with van der Waals surface area (Å²) in [6.07, 6.45) is 1.19. The van der Waals surface area contributed by atoms with Crippen LogP contribution < -0.4 is 11.5 Å². The van der Waals surface area contributed by atoms with Crippen molar-refractivity contribution in [1.82, 2.24) is 4.48 Å². The number of rotatable bonds is 1. The third-order valence-electron chi connectivity index (χ3n) is 1.32. The first-order valence-electron chi connectivity index (χ1n) is 2.83. The Hall–Kier alpha value is -1.59. The summed E-state index contributed by atoms with van der Waals surface area (Å²) in [5.74, 6) is -0.406. The molecule has 0 aliphatic heterocycles. The number of aromatic nitrogens is 1. The first-order chi connectivity index (χ1) is 5.04. The minimum absolute atomic E-state index is 0.0764. The van der Waals surface area contributed by atoms with Crippen LogP contribution in [-0.2, 0) is 0 Å². The number of anilines is 1. The van der Waals surface area contributed by atoms with Crippen molar-refractivity contribution in [1.29, 1.82) is 5.41 Å². The summed E-state index contributed by atoms with van der Waals surface area (Å²) in [6, 6.07) is 0. The zero-order valence-corrected chi connectivity index (χ0v) is 5.70. The molecular formula is C5H7BN4O. The number of nitrogen functional groups attached to an aromatic ring is 2. The highest BCUT2D eigenvalue weighted by molar-refractivity contribution is 6.12. The zero-order valence-electron chi connectivity index (χ0n) is 5.70. The van der Waals surface area contributed by atoms with Gasteiger partial charge in [-0.1, -0.05) is 0 Å². The van der Waals surface area contributed by atoms with E-state index in [9.17, 15) is 0 Å². The SMILES string of the molecule is [B]n1cc(O)c(C(=N)N)c1N. The smallest absolute Gasteiger partial charge is 0.236 e. The van der Waals surface area contributed by atoms with Gasteiger partial charge in [-0.3, -0.25) is 5.41 Å². The van der Waals surface area contributed by atoms with E-state index in [0.29, 0.717) is 0 Å². The van der Waals surface area contributed by atoms with Crippen molar-refractivity contribution in [3.63, 3.8) is 0 Å². The first kappa shape index (κ1) is 7.52.